The van der Waals surface area contributed by atoms with Gasteiger partial charge in [0.2, 0.25) is 15.9 Å². The molecule has 1 aliphatic heterocycles. The Morgan fingerprint density at radius 1 is 1.15 bits per heavy atom. The van der Waals surface area contributed by atoms with Gasteiger partial charge in [0.1, 0.15) is 5.75 Å². The SMILES string of the molecule is CN(Cc1ccccc1)S(=O)(=O)c1ccc2c(c1)N(Cc1noc(C3CCC3)n1)C(=O)CO2. The van der Waals surface area contributed by atoms with Crippen LogP contribution in [0.1, 0.15) is 42.5 Å². The van der Waals surface area contributed by atoms with Crippen LogP contribution in [0.2, 0.25) is 0 Å². The first-order valence-electron chi connectivity index (χ1n) is 10.8. The zero-order chi connectivity index (χ0) is 23.0. The van der Waals surface area contributed by atoms with Crippen molar-refractivity contribution in [3.05, 3.63) is 65.8 Å². The van der Waals surface area contributed by atoms with E-state index >= 15 is 0 Å². The molecule has 3 aromatic rings. The molecule has 172 valence electrons. The Morgan fingerprint density at radius 3 is 2.67 bits per heavy atom. The number of sulfonamides is 1. The van der Waals surface area contributed by atoms with Crippen molar-refractivity contribution in [3.63, 3.8) is 0 Å². The highest BCUT2D eigenvalue weighted by atomic mass is 32.2. The standard InChI is InChI=1S/C23H24N4O5S/c1-26(13-16-6-3-2-4-7-16)33(29,30)18-10-11-20-19(12-18)27(22(28)15-31-20)14-21-24-23(32-25-21)17-8-5-9-17/h2-4,6-7,10-12,17H,5,8-9,13-15H2,1H3. The second kappa shape index (κ2) is 8.60. The number of rotatable bonds is 7. The van der Waals surface area contributed by atoms with Crippen molar-refractivity contribution in [2.75, 3.05) is 18.6 Å². The fourth-order valence-electron chi connectivity index (χ4n) is 3.92. The summed E-state index contributed by atoms with van der Waals surface area (Å²) in [4.78, 5) is 18.6. The minimum Gasteiger partial charge on any atom is -0.482 e. The monoisotopic (exact) mass is 468 g/mol. The zero-order valence-corrected chi connectivity index (χ0v) is 19.0. The van der Waals surface area contributed by atoms with Gasteiger partial charge in [-0.05, 0) is 36.6 Å². The van der Waals surface area contributed by atoms with Gasteiger partial charge in [0.15, 0.2) is 12.4 Å². The van der Waals surface area contributed by atoms with E-state index in [0.29, 0.717) is 23.2 Å². The Morgan fingerprint density at radius 2 is 1.94 bits per heavy atom. The molecular weight excluding hydrogens is 444 g/mol. The van der Waals surface area contributed by atoms with Crippen LogP contribution in [0, 0.1) is 0 Å². The molecule has 0 saturated heterocycles. The van der Waals surface area contributed by atoms with E-state index in [1.807, 2.05) is 30.3 Å². The molecule has 2 aliphatic rings. The number of benzene rings is 2. The molecule has 1 fully saturated rings. The van der Waals surface area contributed by atoms with Crippen molar-refractivity contribution in [2.45, 2.75) is 43.2 Å². The maximum absolute atomic E-state index is 13.2. The average molecular weight is 469 g/mol. The van der Waals surface area contributed by atoms with Gasteiger partial charge in [-0.1, -0.05) is 41.9 Å². The third-order valence-corrected chi connectivity index (χ3v) is 7.87. The minimum absolute atomic E-state index is 0.0752. The van der Waals surface area contributed by atoms with Crippen molar-refractivity contribution >= 4 is 21.6 Å². The van der Waals surface area contributed by atoms with Gasteiger partial charge in [-0.3, -0.25) is 9.69 Å². The Balaban J connectivity index is 1.41. The Labute approximate surface area is 192 Å². The zero-order valence-electron chi connectivity index (χ0n) is 18.2. The summed E-state index contributed by atoms with van der Waals surface area (Å²) >= 11 is 0. The molecule has 1 amide bonds. The van der Waals surface area contributed by atoms with Gasteiger partial charge >= 0.3 is 0 Å². The van der Waals surface area contributed by atoms with Gasteiger partial charge in [-0.2, -0.15) is 9.29 Å². The summed E-state index contributed by atoms with van der Waals surface area (Å²) in [5.74, 6) is 1.39. The van der Waals surface area contributed by atoms with Crippen LogP contribution in [-0.2, 0) is 27.9 Å². The largest absolute Gasteiger partial charge is 0.482 e. The van der Waals surface area contributed by atoms with Crippen LogP contribution in [-0.4, -0.2) is 42.4 Å². The van der Waals surface area contributed by atoms with E-state index in [9.17, 15) is 13.2 Å². The number of amides is 1. The lowest BCUT2D eigenvalue weighted by atomic mass is 9.85. The second-order valence-corrected chi connectivity index (χ2v) is 10.4. The van der Waals surface area contributed by atoms with Crippen molar-refractivity contribution in [3.8, 4) is 5.75 Å². The summed E-state index contributed by atoms with van der Waals surface area (Å²) < 4.78 is 38.6. The Kier molecular flexibility index (Phi) is 5.63. The van der Waals surface area contributed by atoms with E-state index in [1.165, 1.54) is 28.4 Å². The average Bonchev–Trinajstić information content (AvgIpc) is 3.22. The number of carbonyl (C=O) groups excluding carboxylic acids is 1. The van der Waals surface area contributed by atoms with Crippen LogP contribution in [0.4, 0.5) is 5.69 Å². The summed E-state index contributed by atoms with van der Waals surface area (Å²) in [7, 11) is -2.27. The summed E-state index contributed by atoms with van der Waals surface area (Å²) in [6, 6.07) is 13.9. The Hall–Kier alpha value is -3.24. The van der Waals surface area contributed by atoms with Crippen LogP contribution in [0.15, 0.2) is 57.9 Å². The molecule has 0 spiro atoms. The molecule has 0 bridgehead atoms. The third kappa shape index (κ3) is 4.23. The van der Waals surface area contributed by atoms with Crippen LogP contribution in [0.5, 0.6) is 5.75 Å². The van der Waals surface area contributed by atoms with E-state index in [1.54, 1.807) is 6.07 Å². The van der Waals surface area contributed by atoms with E-state index in [2.05, 4.69) is 10.1 Å². The molecule has 1 aromatic heterocycles. The fraction of sp³-hybridized carbons (Fsp3) is 0.348. The van der Waals surface area contributed by atoms with Crippen molar-refractivity contribution in [1.29, 1.82) is 0 Å². The maximum Gasteiger partial charge on any atom is 0.265 e. The molecule has 10 heteroatoms. The number of hydrogen-bond acceptors (Lipinski definition) is 7. The lowest BCUT2D eigenvalue weighted by Gasteiger charge is -2.29. The highest BCUT2D eigenvalue weighted by Crippen LogP contribution is 2.37. The predicted molar refractivity (Wildman–Crippen MR) is 119 cm³/mol. The molecule has 2 aromatic carbocycles. The van der Waals surface area contributed by atoms with Gasteiger partial charge in [-0.15, -0.1) is 0 Å². The second-order valence-electron chi connectivity index (χ2n) is 8.32. The van der Waals surface area contributed by atoms with Gasteiger partial charge in [-0.25, -0.2) is 8.42 Å². The predicted octanol–water partition coefficient (Wildman–Crippen LogP) is 3.08. The maximum atomic E-state index is 13.2. The van der Waals surface area contributed by atoms with Crippen molar-refractivity contribution in [1.82, 2.24) is 14.4 Å². The van der Waals surface area contributed by atoms with Crippen molar-refractivity contribution < 1.29 is 22.5 Å². The number of ether oxygens (including phenoxy) is 1. The molecule has 0 radical (unpaired) electrons. The van der Waals surface area contributed by atoms with Crippen LogP contribution in [0.3, 0.4) is 0 Å². The number of nitrogens with zero attached hydrogens (tertiary/aromatic N) is 4. The molecule has 2 heterocycles. The topological polar surface area (TPSA) is 106 Å². The van der Waals surface area contributed by atoms with Crippen LogP contribution >= 0.6 is 0 Å². The number of fused-ring (bicyclic) bond motifs is 1. The van der Waals surface area contributed by atoms with E-state index in [4.69, 9.17) is 9.26 Å². The fourth-order valence-corrected chi connectivity index (χ4v) is 5.09. The van der Waals surface area contributed by atoms with Gasteiger partial charge in [0.25, 0.3) is 5.91 Å². The van der Waals surface area contributed by atoms with Gasteiger partial charge < -0.3 is 9.26 Å². The van der Waals surface area contributed by atoms with E-state index < -0.39 is 10.0 Å². The normalized spacial score (nSPS) is 16.4. The summed E-state index contributed by atoms with van der Waals surface area (Å²) in [6.45, 7) is 0.168. The van der Waals surface area contributed by atoms with Gasteiger partial charge in [0, 0.05) is 19.5 Å². The number of hydrogen-bond donors (Lipinski definition) is 0. The first kappa shape index (κ1) is 21.6. The molecule has 0 atom stereocenters. The van der Waals surface area contributed by atoms with E-state index in [-0.39, 0.29) is 36.4 Å². The molecule has 33 heavy (non-hydrogen) atoms. The first-order chi connectivity index (χ1) is 15.9. The van der Waals surface area contributed by atoms with E-state index in [0.717, 1.165) is 24.8 Å². The summed E-state index contributed by atoms with van der Waals surface area (Å²) in [5, 5.41) is 4.02. The van der Waals surface area contributed by atoms with Crippen LogP contribution < -0.4 is 9.64 Å². The number of carbonyl (C=O) groups is 1. The Bertz CT molecular complexity index is 1270. The molecule has 0 N–H and O–H groups in total. The smallest absolute Gasteiger partial charge is 0.265 e. The molecule has 0 unspecified atom stereocenters. The third-order valence-electron chi connectivity index (χ3n) is 6.07. The lowest BCUT2D eigenvalue weighted by molar-refractivity contribution is -0.121. The lowest BCUT2D eigenvalue weighted by Crippen LogP contribution is -2.38. The number of aromatic nitrogens is 2. The molecule has 9 nitrogen and oxygen atoms in total. The molecule has 1 aliphatic carbocycles. The number of anilines is 1. The highest BCUT2D eigenvalue weighted by Gasteiger charge is 2.31. The quantitative estimate of drug-likeness (QED) is 0.525. The molecular formula is C23H24N4O5S. The first-order valence-corrected chi connectivity index (χ1v) is 12.3. The van der Waals surface area contributed by atoms with Crippen LogP contribution in [0.25, 0.3) is 0 Å². The van der Waals surface area contributed by atoms with Crippen molar-refractivity contribution in [2.24, 2.45) is 0 Å². The molecule has 1 saturated carbocycles. The van der Waals surface area contributed by atoms with Gasteiger partial charge in [0.05, 0.1) is 17.1 Å². The highest BCUT2D eigenvalue weighted by molar-refractivity contribution is 7.89. The minimum atomic E-state index is -3.80. The molecule has 5 rings (SSSR count). The summed E-state index contributed by atoms with van der Waals surface area (Å²) in [5.41, 5.74) is 1.25. The summed E-state index contributed by atoms with van der Waals surface area (Å²) in [6.07, 6.45) is 3.20.